The molecule has 0 atom stereocenters. The fourth-order valence-corrected chi connectivity index (χ4v) is 2.37. The number of anilines is 1. The fraction of sp³-hybridized carbons (Fsp3) is 0.250. The predicted molar refractivity (Wildman–Crippen MR) is 76.8 cm³/mol. The maximum atomic E-state index is 12.0. The molecule has 5 nitrogen and oxygen atoms in total. The molecule has 0 aliphatic carbocycles. The van der Waals surface area contributed by atoms with Crippen molar-refractivity contribution < 1.29 is 4.79 Å². The highest BCUT2D eigenvalue weighted by Crippen LogP contribution is 2.16. The summed E-state index contributed by atoms with van der Waals surface area (Å²) in [7, 11) is 1.73. The summed E-state index contributed by atoms with van der Waals surface area (Å²) >= 11 is 7.48. The van der Waals surface area contributed by atoms with Crippen molar-refractivity contribution in [1.82, 2.24) is 15.3 Å². The van der Waals surface area contributed by atoms with Crippen molar-refractivity contribution in [2.45, 2.75) is 13.5 Å². The van der Waals surface area contributed by atoms with Crippen LogP contribution in [-0.4, -0.2) is 22.9 Å². The van der Waals surface area contributed by atoms with Gasteiger partial charge in [-0.2, -0.15) is 0 Å². The number of amides is 1. The number of rotatable bonds is 4. The molecule has 0 aliphatic rings. The van der Waals surface area contributed by atoms with E-state index >= 15 is 0 Å². The highest BCUT2D eigenvalue weighted by molar-refractivity contribution is 7.09. The standard InChI is InChI=1S/C12H13ClN4OS/c1-7-6-19-10(16-7)5-15-12(18)11-8(13)3-4-9(14-2)17-11/h3-4,6H,5H2,1-2H3,(H,14,17)(H,15,18). The SMILES string of the molecule is CNc1ccc(Cl)c(C(=O)NCc2nc(C)cs2)n1. The van der Waals surface area contributed by atoms with E-state index in [4.69, 9.17) is 11.6 Å². The van der Waals surface area contributed by atoms with Gasteiger partial charge in [-0.15, -0.1) is 11.3 Å². The van der Waals surface area contributed by atoms with E-state index < -0.39 is 0 Å². The van der Waals surface area contributed by atoms with Crippen LogP contribution in [0.4, 0.5) is 5.82 Å². The van der Waals surface area contributed by atoms with E-state index in [1.54, 1.807) is 19.2 Å². The number of nitrogens with one attached hydrogen (secondary N) is 2. The maximum Gasteiger partial charge on any atom is 0.271 e. The average molecular weight is 297 g/mol. The summed E-state index contributed by atoms with van der Waals surface area (Å²) in [5.74, 6) is 0.287. The molecular weight excluding hydrogens is 284 g/mol. The second-order valence-electron chi connectivity index (χ2n) is 3.84. The first-order chi connectivity index (χ1) is 9.10. The summed E-state index contributed by atoms with van der Waals surface area (Å²) in [6, 6.07) is 3.35. The van der Waals surface area contributed by atoms with Crippen LogP contribution in [0.5, 0.6) is 0 Å². The third-order valence-corrected chi connectivity index (χ3v) is 3.66. The molecule has 2 N–H and O–H groups in total. The van der Waals surface area contributed by atoms with E-state index in [1.165, 1.54) is 11.3 Å². The third kappa shape index (κ3) is 3.42. The first kappa shape index (κ1) is 13.8. The van der Waals surface area contributed by atoms with Crippen LogP contribution in [0.2, 0.25) is 5.02 Å². The van der Waals surface area contributed by atoms with Crippen molar-refractivity contribution >= 4 is 34.7 Å². The Hall–Kier alpha value is -1.66. The smallest absolute Gasteiger partial charge is 0.271 e. The number of carbonyl (C=O) groups is 1. The molecule has 0 aliphatic heterocycles. The lowest BCUT2D eigenvalue weighted by Gasteiger charge is -2.06. The molecule has 0 unspecified atom stereocenters. The minimum atomic E-state index is -0.310. The van der Waals surface area contributed by atoms with Crippen molar-refractivity contribution in [1.29, 1.82) is 0 Å². The second-order valence-corrected chi connectivity index (χ2v) is 5.19. The molecule has 2 aromatic heterocycles. The zero-order valence-electron chi connectivity index (χ0n) is 10.5. The van der Waals surface area contributed by atoms with Gasteiger partial charge in [0.25, 0.3) is 5.91 Å². The molecule has 0 saturated carbocycles. The molecule has 0 saturated heterocycles. The number of nitrogens with zero attached hydrogens (tertiary/aromatic N) is 2. The Bertz CT molecular complexity index is 599. The summed E-state index contributed by atoms with van der Waals surface area (Å²) < 4.78 is 0. The number of hydrogen-bond acceptors (Lipinski definition) is 5. The molecule has 100 valence electrons. The Kier molecular flexibility index (Phi) is 4.34. The quantitative estimate of drug-likeness (QED) is 0.909. The number of aromatic nitrogens is 2. The van der Waals surface area contributed by atoms with Crippen LogP contribution in [0.15, 0.2) is 17.5 Å². The average Bonchev–Trinajstić information content (AvgIpc) is 2.82. The van der Waals surface area contributed by atoms with E-state index in [2.05, 4.69) is 20.6 Å². The summed E-state index contributed by atoms with van der Waals surface area (Å²) in [4.78, 5) is 20.4. The molecule has 1 amide bonds. The Morgan fingerprint density at radius 3 is 2.84 bits per heavy atom. The van der Waals surface area contributed by atoms with E-state index in [0.29, 0.717) is 17.4 Å². The van der Waals surface area contributed by atoms with Crippen LogP contribution < -0.4 is 10.6 Å². The highest BCUT2D eigenvalue weighted by Gasteiger charge is 2.13. The topological polar surface area (TPSA) is 66.9 Å². The lowest BCUT2D eigenvalue weighted by Crippen LogP contribution is -2.24. The van der Waals surface area contributed by atoms with Crippen molar-refractivity contribution in [2.75, 3.05) is 12.4 Å². The van der Waals surface area contributed by atoms with E-state index in [1.807, 2.05) is 12.3 Å². The number of thiazole rings is 1. The summed E-state index contributed by atoms with van der Waals surface area (Å²) in [5.41, 5.74) is 1.16. The number of carbonyl (C=O) groups excluding carboxylic acids is 1. The molecule has 0 fully saturated rings. The van der Waals surface area contributed by atoms with Crippen LogP contribution in [0.1, 0.15) is 21.2 Å². The minimum absolute atomic E-state index is 0.210. The maximum absolute atomic E-state index is 12.0. The van der Waals surface area contributed by atoms with Crippen molar-refractivity contribution in [2.24, 2.45) is 0 Å². The lowest BCUT2D eigenvalue weighted by molar-refractivity contribution is 0.0946. The van der Waals surface area contributed by atoms with Crippen LogP contribution in [0.3, 0.4) is 0 Å². The van der Waals surface area contributed by atoms with Crippen molar-refractivity contribution in [3.8, 4) is 0 Å². The fourth-order valence-electron chi connectivity index (χ4n) is 1.46. The van der Waals surface area contributed by atoms with Gasteiger partial charge in [-0.05, 0) is 19.1 Å². The Labute approximate surface area is 120 Å². The third-order valence-electron chi connectivity index (χ3n) is 2.38. The minimum Gasteiger partial charge on any atom is -0.373 e. The van der Waals surface area contributed by atoms with Gasteiger partial charge < -0.3 is 10.6 Å². The number of halogens is 1. The molecule has 0 radical (unpaired) electrons. The van der Waals surface area contributed by atoms with Crippen LogP contribution >= 0.6 is 22.9 Å². The molecule has 0 bridgehead atoms. The Morgan fingerprint density at radius 2 is 2.21 bits per heavy atom. The molecule has 7 heteroatoms. The summed E-state index contributed by atoms with van der Waals surface area (Å²) in [6.45, 7) is 2.29. The van der Waals surface area contributed by atoms with Gasteiger partial charge in [-0.1, -0.05) is 11.6 Å². The van der Waals surface area contributed by atoms with Gasteiger partial charge in [0, 0.05) is 18.1 Å². The first-order valence-corrected chi connectivity index (χ1v) is 6.89. The zero-order valence-corrected chi connectivity index (χ0v) is 12.1. The van der Waals surface area contributed by atoms with Crippen molar-refractivity contribution in [3.63, 3.8) is 0 Å². The van der Waals surface area contributed by atoms with Gasteiger partial charge in [-0.3, -0.25) is 4.79 Å². The first-order valence-electron chi connectivity index (χ1n) is 5.63. The van der Waals surface area contributed by atoms with E-state index in [-0.39, 0.29) is 11.6 Å². The van der Waals surface area contributed by atoms with E-state index in [0.717, 1.165) is 10.7 Å². The van der Waals surface area contributed by atoms with Crippen molar-refractivity contribution in [3.05, 3.63) is 38.9 Å². The van der Waals surface area contributed by atoms with Gasteiger partial charge in [-0.25, -0.2) is 9.97 Å². The van der Waals surface area contributed by atoms with Gasteiger partial charge >= 0.3 is 0 Å². The number of aryl methyl sites for hydroxylation is 1. The number of pyridine rings is 1. The normalized spacial score (nSPS) is 10.3. The van der Waals surface area contributed by atoms with Gasteiger partial charge in [0.05, 0.1) is 11.6 Å². The predicted octanol–water partition coefficient (Wildman–Crippen LogP) is 2.47. The molecule has 0 spiro atoms. The van der Waals surface area contributed by atoms with Crippen LogP contribution in [0.25, 0.3) is 0 Å². The molecule has 19 heavy (non-hydrogen) atoms. The largest absolute Gasteiger partial charge is 0.373 e. The Morgan fingerprint density at radius 1 is 1.42 bits per heavy atom. The second kappa shape index (κ2) is 5.99. The van der Waals surface area contributed by atoms with Gasteiger partial charge in [0.1, 0.15) is 16.5 Å². The zero-order chi connectivity index (χ0) is 13.8. The molecule has 2 rings (SSSR count). The highest BCUT2D eigenvalue weighted by atomic mass is 35.5. The monoisotopic (exact) mass is 296 g/mol. The molecule has 0 aromatic carbocycles. The lowest BCUT2D eigenvalue weighted by atomic mass is 10.3. The van der Waals surface area contributed by atoms with Gasteiger partial charge in [0.2, 0.25) is 0 Å². The molecule has 2 aromatic rings. The number of hydrogen-bond donors (Lipinski definition) is 2. The summed E-state index contributed by atoms with van der Waals surface area (Å²) in [5, 5.41) is 8.74. The Balaban J connectivity index is 2.07. The van der Waals surface area contributed by atoms with E-state index in [9.17, 15) is 4.79 Å². The summed E-state index contributed by atoms with van der Waals surface area (Å²) in [6.07, 6.45) is 0. The van der Waals surface area contributed by atoms with Crippen LogP contribution in [-0.2, 0) is 6.54 Å². The molecular formula is C12H13ClN4OS. The molecule has 2 heterocycles. The van der Waals surface area contributed by atoms with Crippen LogP contribution in [0, 0.1) is 6.92 Å². The van der Waals surface area contributed by atoms with Gasteiger partial charge in [0.15, 0.2) is 0 Å².